The molecule has 1 N–H and O–H groups in total. The van der Waals surface area contributed by atoms with Crippen LogP contribution in [-0.4, -0.2) is 25.3 Å². The Hall–Kier alpha value is -1.71. The molecule has 0 saturated carbocycles. The van der Waals surface area contributed by atoms with E-state index in [-0.39, 0.29) is 12.2 Å². The minimum absolute atomic E-state index is 0.192. The van der Waals surface area contributed by atoms with Gasteiger partial charge in [-0.1, -0.05) is 6.07 Å². The molecule has 4 heteroatoms. The molecule has 1 fully saturated rings. The van der Waals surface area contributed by atoms with Gasteiger partial charge >= 0.3 is 6.09 Å². The highest BCUT2D eigenvalue weighted by molar-refractivity contribution is 5.69. The molecule has 0 aliphatic carbocycles. The summed E-state index contributed by atoms with van der Waals surface area (Å²) in [6.45, 7) is 7.04. The number of rotatable bonds is 3. The fraction of sp³-hybridized carbons (Fsp3) is 0.462. The SMILES string of the molecule is Cc1cc(C)c(C)c(OCC2CNC(=O)O2)c1. The monoisotopic (exact) mass is 235 g/mol. The van der Waals surface area contributed by atoms with Gasteiger partial charge in [0.25, 0.3) is 0 Å². The van der Waals surface area contributed by atoms with Gasteiger partial charge in [0.2, 0.25) is 0 Å². The van der Waals surface area contributed by atoms with Crippen LogP contribution in [0.3, 0.4) is 0 Å². The maximum atomic E-state index is 10.9. The molecule has 0 aromatic heterocycles. The van der Waals surface area contributed by atoms with Gasteiger partial charge in [-0.3, -0.25) is 0 Å². The zero-order valence-electron chi connectivity index (χ0n) is 10.4. The molecule has 1 amide bonds. The molecule has 17 heavy (non-hydrogen) atoms. The van der Waals surface area contributed by atoms with Crippen molar-refractivity contribution in [2.45, 2.75) is 26.9 Å². The molecule has 1 unspecified atom stereocenters. The van der Waals surface area contributed by atoms with Gasteiger partial charge in [0, 0.05) is 0 Å². The van der Waals surface area contributed by atoms with Crippen molar-refractivity contribution in [2.75, 3.05) is 13.2 Å². The summed E-state index contributed by atoms with van der Waals surface area (Å²) in [6.07, 6.45) is -0.557. The van der Waals surface area contributed by atoms with Gasteiger partial charge in [-0.15, -0.1) is 0 Å². The van der Waals surface area contributed by atoms with Crippen LogP contribution in [0.1, 0.15) is 16.7 Å². The van der Waals surface area contributed by atoms with Gasteiger partial charge in [0.05, 0.1) is 6.54 Å². The minimum Gasteiger partial charge on any atom is -0.489 e. The first-order valence-corrected chi connectivity index (χ1v) is 5.71. The molecular formula is C13H17NO3. The molecule has 1 aliphatic heterocycles. The van der Waals surface area contributed by atoms with Gasteiger partial charge < -0.3 is 14.8 Å². The van der Waals surface area contributed by atoms with E-state index in [1.807, 2.05) is 19.9 Å². The van der Waals surface area contributed by atoms with Gasteiger partial charge in [-0.05, 0) is 43.5 Å². The van der Waals surface area contributed by atoms with Crippen LogP contribution in [-0.2, 0) is 4.74 Å². The van der Waals surface area contributed by atoms with E-state index in [4.69, 9.17) is 9.47 Å². The number of hydrogen-bond donors (Lipinski definition) is 1. The Balaban J connectivity index is 2.01. The van der Waals surface area contributed by atoms with E-state index >= 15 is 0 Å². The van der Waals surface area contributed by atoms with Crippen LogP contribution in [0.5, 0.6) is 5.75 Å². The van der Waals surface area contributed by atoms with E-state index in [1.54, 1.807) is 0 Å². The largest absolute Gasteiger partial charge is 0.489 e. The molecule has 0 spiro atoms. The molecule has 1 heterocycles. The Bertz CT molecular complexity index is 443. The van der Waals surface area contributed by atoms with Crippen molar-refractivity contribution in [3.05, 3.63) is 28.8 Å². The lowest BCUT2D eigenvalue weighted by Crippen LogP contribution is -2.22. The average Bonchev–Trinajstić information content (AvgIpc) is 2.67. The van der Waals surface area contributed by atoms with Crippen LogP contribution in [0.25, 0.3) is 0 Å². The normalized spacial score (nSPS) is 18.8. The number of nitrogens with one attached hydrogen (secondary N) is 1. The lowest BCUT2D eigenvalue weighted by atomic mass is 10.1. The van der Waals surface area contributed by atoms with Crippen molar-refractivity contribution in [2.24, 2.45) is 0 Å². The Kier molecular flexibility index (Phi) is 3.22. The number of cyclic esters (lactones) is 1. The number of carbonyl (C=O) groups is 1. The number of carbonyl (C=O) groups excluding carboxylic acids is 1. The Morgan fingerprint density at radius 1 is 1.41 bits per heavy atom. The third-order valence-corrected chi connectivity index (χ3v) is 2.94. The van der Waals surface area contributed by atoms with Crippen LogP contribution >= 0.6 is 0 Å². The highest BCUT2D eigenvalue weighted by Crippen LogP contribution is 2.23. The fourth-order valence-corrected chi connectivity index (χ4v) is 1.86. The predicted molar refractivity (Wildman–Crippen MR) is 64.4 cm³/mol. The maximum Gasteiger partial charge on any atom is 0.407 e. The van der Waals surface area contributed by atoms with Crippen LogP contribution in [0.2, 0.25) is 0 Å². The third kappa shape index (κ3) is 2.70. The summed E-state index contributed by atoms with van der Waals surface area (Å²) in [5, 5.41) is 2.60. The van der Waals surface area contributed by atoms with Crippen LogP contribution in [0, 0.1) is 20.8 Å². The molecule has 1 saturated heterocycles. The highest BCUT2D eigenvalue weighted by atomic mass is 16.6. The van der Waals surface area contributed by atoms with Crippen LogP contribution < -0.4 is 10.1 Å². The molecule has 1 aromatic carbocycles. The quantitative estimate of drug-likeness (QED) is 0.872. The van der Waals surface area contributed by atoms with Crippen LogP contribution in [0.15, 0.2) is 12.1 Å². The molecule has 1 aromatic rings. The predicted octanol–water partition coefficient (Wildman–Crippen LogP) is 2.10. The van der Waals surface area contributed by atoms with Gasteiger partial charge in [-0.25, -0.2) is 4.79 Å². The Labute approximate surface area is 101 Å². The second kappa shape index (κ2) is 4.65. The number of ether oxygens (including phenoxy) is 2. The van der Waals surface area contributed by atoms with E-state index in [2.05, 4.69) is 18.3 Å². The van der Waals surface area contributed by atoms with Crippen molar-refractivity contribution < 1.29 is 14.3 Å². The lowest BCUT2D eigenvalue weighted by Gasteiger charge is -2.14. The van der Waals surface area contributed by atoms with E-state index in [0.29, 0.717) is 13.2 Å². The number of amides is 1. The molecule has 0 radical (unpaired) electrons. The van der Waals surface area contributed by atoms with Gasteiger partial charge in [-0.2, -0.15) is 0 Å². The molecule has 0 bridgehead atoms. The number of aryl methyl sites for hydroxylation is 2. The molecule has 4 nitrogen and oxygen atoms in total. The highest BCUT2D eigenvalue weighted by Gasteiger charge is 2.23. The standard InChI is InChI=1S/C13H17NO3/c1-8-4-9(2)10(3)12(5-8)16-7-11-6-14-13(15)17-11/h4-5,11H,6-7H2,1-3H3,(H,14,15). The number of alkyl carbamates (subject to hydrolysis) is 1. The zero-order valence-corrected chi connectivity index (χ0v) is 10.4. The van der Waals surface area contributed by atoms with Crippen molar-refractivity contribution in [3.8, 4) is 5.75 Å². The zero-order chi connectivity index (χ0) is 12.4. The second-order valence-corrected chi connectivity index (χ2v) is 4.42. The summed E-state index contributed by atoms with van der Waals surface area (Å²) in [7, 11) is 0. The fourth-order valence-electron chi connectivity index (χ4n) is 1.86. The van der Waals surface area contributed by atoms with Gasteiger partial charge in [0.15, 0.2) is 6.10 Å². The summed E-state index contributed by atoms with van der Waals surface area (Å²) < 4.78 is 10.7. The van der Waals surface area contributed by atoms with E-state index in [1.165, 1.54) is 11.1 Å². The Morgan fingerprint density at radius 3 is 2.82 bits per heavy atom. The Morgan fingerprint density at radius 2 is 2.18 bits per heavy atom. The van der Waals surface area contributed by atoms with E-state index in [9.17, 15) is 4.79 Å². The summed E-state index contributed by atoms with van der Waals surface area (Å²) in [5.74, 6) is 0.866. The van der Waals surface area contributed by atoms with E-state index < -0.39 is 0 Å². The van der Waals surface area contributed by atoms with Crippen LogP contribution in [0.4, 0.5) is 4.79 Å². The van der Waals surface area contributed by atoms with Gasteiger partial charge in [0.1, 0.15) is 12.4 Å². The summed E-state index contributed by atoms with van der Waals surface area (Å²) in [5.41, 5.74) is 3.51. The maximum absolute atomic E-state index is 10.9. The van der Waals surface area contributed by atoms with Crippen molar-refractivity contribution in [1.29, 1.82) is 0 Å². The lowest BCUT2D eigenvalue weighted by molar-refractivity contribution is 0.104. The second-order valence-electron chi connectivity index (χ2n) is 4.42. The molecule has 92 valence electrons. The van der Waals surface area contributed by atoms with Crippen molar-refractivity contribution in [3.63, 3.8) is 0 Å². The molecule has 2 rings (SSSR count). The molecule has 1 atom stereocenters. The molecule has 1 aliphatic rings. The first-order chi connectivity index (χ1) is 8.06. The minimum atomic E-state index is -0.365. The number of hydrogen-bond acceptors (Lipinski definition) is 3. The first-order valence-electron chi connectivity index (χ1n) is 5.71. The number of benzene rings is 1. The molecular weight excluding hydrogens is 218 g/mol. The van der Waals surface area contributed by atoms with Crippen molar-refractivity contribution in [1.82, 2.24) is 5.32 Å². The smallest absolute Gasteiger partial charge is 0.407 e. The van der Waals surface area contributed by atoms with E-state index in [0.717, 1.165) is 11.3 Å². The third-order valence-electron chi connectivity index (χ3n) is 2.94. The topological polar surface area (TPSA) is 47.6 Å². The van der Waals surface area contributed by atoms with Crippen molar-refractivity contribution >= 4 is 6.09 Å². The summed E-state index contributed by atoms with van der Waals surface area (Å²) >= 11 is 0. The average molecular weight is 235 g/mol. The summed E-state index contributed by atoms with van der Waals surface area (Å²) in [4.78, 5) is 10.9. The first kappa shape index (κ1) is 11.8. The summed E-state index contributed by atoms with van der Waals surface area (Å²) in [6, 6.07) is 4.13.